The molecule has 0 unspecified atom stereocenters. The number of hydrogen-bond donors (Lipinski definition) is 1. The van der Waals surface area contributed by atoms with Gasteiger partial charge in [-0.1, -0.05) is 11.6 Å². The van der Waals surface area contributed by atoms with E-state index in [9.17, 15) is 9.59 Å². The Labute approximate surface area is 187 Å². The molecule has 2 aliphatic heterocycles. The molecule has 4 rings (SSSR count). The van der Waals surface area contributed by atoms with Crippen LogP contribution in [0.1, 0.15) is 12.8 Å². The van der Waals surface area contributed by atoms with E-state index < -0.39 is 0 Å². The van der Waals surface area contributed by atoms with Crippen LogP contribution in [0.5, 0.6) is 17.2 Å². The number of ether oxygens (including phenoxy) is 3. The molecular formula is C21H20BrClN2O5. The first-order chi connectivity index (χ1) is 14.5. The van der Waals surface area contributed by atoms with Gasteiger partial charge in [-0.2, -0.15) is 0 Å². The first-order valence-electron chi connectivity index (χ1n) is 9.56. The summed E-state index contributed by atoms with van der Waals surface area (Å²) in [5, 5.41) is 3.51. The van der Waals surface area contributed by atoms with Crippen molar-refractivity contribution >= 4 is 45.0 Å². The molecular weight excluding hydrogens is 476 g/mol. The first kappa shape index (κ1) is 20.8. The van der Waals surface area contributed by atoms with Crippen LogP contribution in [-0.2, 0) is 9.59 Å². The predicted molar refractivity (Wildman–Crippen MR) is 115 cm³/mol. The molecule has 2 aromatic rings. The van der Waals surface area contributed by atoms with Gasteiger partial charge in [0.1, 0.15) is 5.75 Å². The zero-order chi connectivity index (χ0) is 21.1. The number of likely N-dealkylation sites (tertiary alicyclic amines) is 1. The van der Waals surface area contributed by atoms with Crippen LogP contribution < -0.4 is 19.5 Å². The SMILES string of the molecule is O=C(Nc1ccc2c(c1)OCO2)C1CCN(C(=O)COc2ccc(Cl)cc2Br)CC1. The molecule has 9 heteroatoms. The number of nitrogens with zero attached hydrogens (tertiary/aromatic N) is 1. The number of hydrogen-bond acceptors (Lipinski definition) is 5. The van der Waals surface area contributed by atoms with Crippen molar-refractivity contribution in [3.63, 3.8) is 0 Å². The van der Waals surface area contributed by atoms with E-state index in [0.717, 1.165) is 0 Å². The lowest BCUT2D eigenvalue weighted by molar-refractivity contribution is -0.136. The number of rotatable bonds is 5. The molecule has 2 heterocycles. The third-order valence-corrected chi connectivity index (χ3v) is 5.96. The second-order valence-electron chi connectivity index (χ2n) is 7.08. The van der Waals surface area contributed by atoms with Gasteiger partial charge in [0.25, 0.3) is 5.91 Å². The smallest absolute Gasteiger partial charge is 0.260 e. The van der Waals surface area contributed by atoms with E-state index in [-0.39, 0.29) is 31.1 Å². The van der Waals surface area contributed by atoms with Crippen molar-refractivity contribution in [3.05, 3.63) is 45.9 Å². The standard InChI is InChI=1S/C21H20BrClN2O5/c22-16-9-14(23)1-3-17(16)28-11-20(26)25-7-5-13(6-8-25)21(27)24-15-2-4-18-19(10-15)30-12-29-18/h1-4,9-10,13H,5-8,11-12H2,(H,24,27). The van der Waals surface area contributed by atoms with Crippen molar-refractivity contribution in [2.45, 2.75) is 12.8 Å². The zero-order valence-electron chi connectivity index (χ0n) is 16.0. The van der Waals surface area contributed by atoms with E-state index in [4.69, 9.17) is 25.8 Å². The van der Waals surface area contributed by atoms with Gasteiger partial charge in [0.2, 0.25) is 12.7 Å². The summed E-state index contributed by atoms with van der Waals surface area (Å²) in [6.45, 7) is 1.17. The number of halogens is 2. The molecule has 30 heavy (non-hydrogen) atoms. The lowest BCUT2D eigenvalue weighted by atomic mass is 9.95. The van der Waals surface area contributed by atoms with Gasteiger partial charge in [-0.3, -0.25) is 9.59 Å². The highest BCUT2D eigenvalue weighted by atomic mass is 79.9. The van der Waals surface area contributed by atoms with Crippen LogP contribution in [0.2, 0.25) is 5.02 Å². The van der Waals surface area contributed by atoms with Gasteiger partial charge in [0, 0.05) is 35.8 Å². The fraction of sp³-hybridized carbons (Fsp3) is 0.333. The number of fused-ring (bicyclic) bond motifs is 1. The van der Waals surface area contributed by atoms with Crippen molar-refractivity contribution < 1.29 is 23.8 Å². The highest BCUT2D eigenvalue weighted by molar-refractivity contribution is 9.10. The highest BCUT2D eigenvalue weighted by Gasteiger charge is 2.28. The average Bonchev–Trinajstić information content (AvgIpc) is 3.21. The monoisotopic (exact) mass is 494 g/mol. The van der Waals surface area contributed by atoms with Crippen molar-refractivity contribution in [3.8, 4) is 17.2 Å². The highest BCUT2D eigenvalue weighted by Crippen LogP contribution is 2.34. The topological polar surface area (TPSA) is 77.1 Å². The number of carbonyl (C=O) groups is 2. The molecule has 2 aliphatic rings. The molecule has 0 aromatic heterocycles. The fourth-order valence-electron chi connectivity index (χ4n) is 3.43. The summed E-state index contributed by atoms with van der Waals surface area (Å²) in [7, 11) is 0. The molecule has 2 amide bonds. The van der Waals surface area contributed by atoms with E-state index in [2.05, 4.69) is 21.2 Å². The Hall–Kier alpha value is -2.45. The molecule has 7 nitrogen and oxygen atoms in total. The van der Waals surface area contributed by atoms with Crippen molar-refractivity contribution in [2.75, 3.05) is 31.8 Å². The van der Waals surface area contributed by atoms with Gasteiger partial charge in [0.15, 0.2) is 18.1 Å². The van der Waals surface area contributed by atoms with Gasteiger partial charge in [0.05, 0.1) is 4.47 Å². The minimum Gasteiger partial charge on any atom is -0.483 e. The van der Waals surface area contributed by atoms with Gasteiger partial charge in [-0.05, 0) is 59.1 Å². The third-order valence-electron chi connectivity index (χ3n) is 5.10. The Morgan fingerprint density at radius 2 is 1.90 bits per heavy atom. The quantitative estimate of drug-likeness (QED) is 0.676. The van der Waals surface area contributed by atoms with E-state index >= 15 is 0 Å². The zero-order valence-corrected chi connectivity index (χ0v) is 18.4. The molecule has 1 N–H and O–H groups in total. The maximum atomic E-state index is 12.6. The van der Waals surface area contributed by atoms with Crippen LogP contribution in [0.4, 0.5) is 5.69 Å². The Balaban J connectivity index is 1.25. The normalized spacial score (nSPS) is 15.7. The summed E-state index contributed by atoms with van der Waals surface area (Å²) < 4.78 is 16.9. The number of anilines is 1. The molecule has 0 bridgehead atoms. The molecule has 2 aromatic carbocycles. The van der Waals surface area contributed by atoms with Crippen molar-refractivity contribution in [2.24, 2.45) is 5.92 Å². The largest absolute Gasteiger partial charge is 0.483 e. The Morgan fingerprint density at radius 3 is 2.67 bits per heavy atom. The van der Waals surface area contributed by atoms with E-state index in [1.165, 1.54) is 0 Å². The van der Waals surface area contributed by atoms with Crippen LogP contribution in [0.25, 0.3) is 0 Å². The summed E-state index contributed by atoms with van der Waals surface area (Å²) >= 11 is 9.28. The van der Waals surface area contributed by atoms with E-state index in [1.54, 1.807) is 41.3 Å². The number of piperidine rings is 1. The van der Waals surface area contributed by atoms with E-state index in [0.29, 0.717) is 58.4 Å². The summed E-state index contributed by atoms with van der Waals surface area (Å²) in [5.41, 5.74) is 0.671. The molecule has 1 saturated heterocycles. The summed E-state index contributed by atoms with van der Waals surface area (Å²) in [6, 6.07) is 10.5. The minimum absolute atomic E-state index is 0.0534. The number of nitrogens with one attached hydrogen (secondary N) is 1. The molecule has 1 fully saturated rings. The average molecular weight is 496 g/mol. The van der Waals surface area contributed by atoms with E-state index in [1.807, 2.05) is 0 Å². The van der Waals surface area contributed by atoms with Crippen molar-refractivity contribution in [1.29, 1.82) is 0 Å². The van der Waals surface area contributed by atoms with Crippen molar-refractivity contribution in [1.82, 2.24) is 4.90 Å². The predicted octanol–water partition coefficient (Wildman–Crippen LogP) is 4.09. The molecule has 0 saturated carbocycles. The summed E-state index contributed by atoms with van der Waals surface area (Å²) in [5.74, 6) is 1.55. The lowest BCUT2D eigenvalue weighted by Crippen LogP contribution is -2.43. The molecule has 0 radical (unpaired) electrons. The molecule has 0 spiro atoms. The van der Waals surface area contributed by atoms with Crippen LogP contribution >= 0.6 is 27.5 Å². The Morgan fingerprint density at radius 1 is 1.13 bits per heavy atom. The minimum atomic E-state index is -0.147. The van der Waals surface area contributed by atoms with Gasteiger partial charge >= 0.3 is 0 Å². The maximum Gasteiger partial charge on any atom is 0.260 e. The summed E-state index contributed by atoms with van der Waals surface area (Å²) in [4.78, 5) is 26.8. The fourth-order valence-corrected chi connectivity index (χ4v) is 4.23. The van der Waals surface area contributed by atoms with Crippen LogP contribution in [0, 0.1) is 5.92 Å². The third kappa shape index (κ3) is 4.82. The van der Waals surface area contributed by atoms with Crippen LogP contribution in [0.3, 0.4) is 0 Å². The maximum absolute atomic E-state index is 12.6. The van der Waals surface area contributed by atoms with Gasteiger partial charge < -0.3 is 24.4 Å². The van der Waals surface area contributed by atoms with Crippen LogP contribution in [-0.4, -0.2) is 43.2 Å². The number of amides is 2. The molecule has 0 aliphatic carbocycles. The molecule has 158 valence electrons. The number of benzene rings is 2. The second kappa shape index (κ2) is 9.14. The Kier molecular flexibility index (Phi) is 6.34. The number of carbonyl (C=O) groups excluding carboxylic acids is 2. The van der Waals surface area contributed by atoms with Gasteiger partial charge in [-0.25, -0.2) is 0 Å². The Bertz CT molecular complexity index is 962. The first-order valence-corrected chi connectivity index (χ1v) is 10.7. The van der Waals surface area contributed by atoms with Crippen LogP contribution in [0.15, 0.2) is 40.9 Å². The summed E-state index contributed by atoms with van der Waals surface area (Å²) in [6.07, 6.45) is 1.21. The van der Waals surface area contributed by atoms with Gasteiger partial charge in [-0.15, -0.1) is 0 Å². The lowest BCUT2D eigenvalue weighted by Gasteiger charge is -2.31. The second-order valence-corrected chi connectivity index (χ2v) is 8.37. The molecule has 0 atom stereocenters.